The van der Waals surface area contributed by atoms with Gasteiger partial charge in [0.15, 0.2) is 0 Å². The molecule has 0 atom stereocenters. The average Bonchev–Trinajstić information content (AvgIpc) is 2.30. The van der Waals surface area contributed by atoms with Crippen molar-refractivity contribution in [2.24, 2.45) is 7.05 Å². The van der Waals surface area contributed by atoms with E-state index in [9.17, 15) is 14.9 Å². The second kappa shape index (κ2) is 2.65. The van der Waals surface area contributed by atoms with Gasteiger partial charge in [0.2, 0.25) is 5.69 Å². The number of aromatic nitrogens is 1. The minimum Gasteiger partial charge on any atom is -0.475 e. The maximum Gasteiger partial charge on any atom is 0.376 e. The van der Waals surface area contributed by atoms with Crippen molar-refractivity contribution >= 4 is 11.8 Å². The summed E-state index contributed by atoms with van der Waals surface area (Å²) in [4.78, 5) is 20.0. The van der Waals surface area contributed by atoms with Crippen LogP contribution in [0.15, 0.2) is 12.1 Å². The van der Waals surface area contributed by atoms with E-state index in [4.69, 9.17) is 5.11 Å². The Hall–Kier alpha value is -1.85. The van der Waals surface area contributed by atoms with E-state index in [1.54, 1.807) is 0 Å². The van der Waals surface area contributed by atoms with Crippen molar-refractivity contribution in [1.82, 2.24) is 4.57 Å². The molecular weight excluding hydrogens is 164 g/mol. The molecule has 1 N–H and O–H groups in total. The van der Waals surface area contributed by atoms with Crippen molar-refractivity contribution in [1.29, 1.82) is 0 Å². The molecule has 0 aliphatic carbocycles. The Labute approximate surface area is 67.2 Å². The first-order valence-electron chi connectivity index (χ1n) is 3.07. The predicted octanol–water partition coefficient (Wildman–Crippen LogP) is 0.631. The molecule has 0 radical (unpaired) electrons. The summed E-state index contributed by atoms with van der Waals surface area (Å²) in [5, 5.41) is 18.8. The maximum absolute atomic E-state index is 10.4. The molecule has 1 rings (SSSR count). The van der Waals surface area contributed by atoms with E-state index in [0.29, 0.717) is 0 Å². The van der Waals surface area contributed by atoms with Gasteiger partial charge in [0.05, 0.1) is 7.05 Å². The number of hydrogen-bond acceptors (Lipinski definition) is 3. The topological polar surface area (TPSA) is 85.4 Å². The van der Waals surface area contributed by atoms with Crippen LogP contribution in [0.3, 0.4) is 0 Å². The summed E-state index contributed by atoms with van der Waals surface area (Å²) >= 11 is 0. The molecular formula is C6H6N2O4. The van der Waals surface area contributed by atoms with Gasteiger partial charge in [-0.05, 0) is 4.92 Å². The Morgan fingerprint density at radius 2 is 2.25 bits per heavy atom. The van der Waals surface area contributed by atoms with Crippen LogP contribution in [0, 0.1) is 10.1 Å². The fourth-order valence-corrected chi connectivity index (χ4v) is 0.899. The molecule has 6 heteroatoms. The molecule has 0 saturated carbocycles. The first-order chi connectivity index (χ1) is 5.54. The highest BCUT2D eigenvalue weighted by atomic mass is 16.6. The lowest BCUT2D eigenvalue weighted by Gasteiger charge is -1.95. The van der Waals surface area contributed by atoms with E-state index in [2.05, 4.69) is 0 Å². The molecule has 0 amide bonds. The lowest BCUT2D eigenvalue weighted by molar-refractivity contribution is -0.391. The minimum atomic E-state index is -1.18. The molecule has 0 spiro atoms. The highest BCUT2D eigenvalue weighted by Gasteiger charge is 2.19. The van der Waals surface area contributed by atoms with E-state index < -0.39 is 10.9 Å². The first-order valence-corrected chi connectivity index (χ1v) is 3.07. The monoisotopic (exact) mass is 170 g/mol. The minimum absolute atomic E-state index is 0.0956. The lowest BCUT2D eigenvalue weighted by atomic mass is 10.4. The molecule has 12 heavy (non-hydrogen) atoms. The van der Waals surface area contributed by atoms with Crippen molar-refractivity contribution in [3.05, 3.63) is 27.9 Å². The van der Waals surface area contributed by atoms with E-state index in [1.807, 2.05) is 0 Å². The summed E-state index contributed by atoms with van der Waals surface area (Å²) in [6.45, 7) is 0. The van der Waals surface area contributed by atoms with Gasteiger partial charge in [0.1, 0.15) is 0 Å². The largest absolute Gasteiger partial charge is 0.475 e. The number of aromatic carboxylic acids is 1. The Balaban J connectivity index is 3.22. The van der Waals surface area contributed by atoms with Crippen LogP contribution < -0.4 is 0 Å². The third kappa shape index (κ3) is 1.14. The first kappa shape index (κ1) is 8.25. The van der Waals surface area contributed by atoms with Gasteiger partial charge in [0, 0.05) is 12.1 Å². The van der Waals surface area contributed by atoms with Gasteiger partial charge in [-0.25, -0.2) is 9.36 Å². The van der Waals surface area contributed by atoms with Gasteiger partial charge >= 0.3 is 11.8 Å². The molecule has 64 valence electrons. The molecule has 6 nitrogen and oxygen atoms in total. The van der Waals surface area contributed by atoms with Crippen LogP contribution in [-0.2, 0) is 7.05 Å². The molecule has 0 aromatic carbocycles. The van der Waals surface area contributed by atoms with Gasteiger partial charge < -0.3 is 15.2 Å². The van der Waals surface area contributed by atoms with Gasteiger partial charge in [0.25, 0.3) is 0 Å². The molecule has 1 aromatic heterocycles. The number of carbonyl (C=O) groups is 1. The quantitative estimate of drug-likeness (QED) is 0.521. The van der Waals surface area contributed by atoms with Crippen LogP contribution in [0.25, 0.3) is 0 Å². The molecule has 0 aliphatic heterocycles. The summed E-state index contributed by atoms with van der Waals surface area (Å²) in [7, 11) is 1.33. The van der Waals surface area contributed by atoms with Crippen LogP contribution in [0.5, 0.6) is 0 Å². The summed E-state index contributed by atoms with van der Waals surface area (Å²) < 4.78 is 1.02. The molecule has 0 fully saturated rings. The number of hydrogen-bond donors (Lipinski definition) is 1. The Kier molecular flexibility index (Phi) is 1.82. The standard InChI is InChI=1S/C6H6N2O4/c1-7-4(6(9)10)2-3-5(7)8(11)12/h2-3H,1H3,(H,9,10). The smallest absolute Gasteiger partial charge is 0.376 e. The summed E-state index contributed by atoms with van der Waals surface area (Å²) in [5.41, 5.74) is -0.0956. The summed E-state index contributed by atoms with van der Waals surface area (Å²) in [6.07, 6.45) is 0. The maximum atomic E-state index is 10.4. The van der Waals surface area contributed by atoms with Crippen molar-refractivity contribution in [3.63, 3.8) is 0 Å². The third-order valence-corrected chi connectivity index (χ3v) is 1.50. The summed E-state index contributed by atoms with van der Waals surface area (Å²) in [5.74, 6) is -1.40. The number of nitrogens with zero attached hydrogens (tertiary/aromatic N) is 2. The van der Waals surface area contributed by atoms with E-state index >= 15 is 0 Å². The Morgan fingerprint density at radius 3 is 2.50 bits per heavy atom. The van der Waals surface area contributed by atoms with E-state index in [1.165, 1.54) is 13.1 Å². The number of rotatable bonds is 2. The van der Waals surface area contributed by atoms with Crippen molar-refractivity contribution in [2.75, 3.05) is 0 Å². The zero-order chi connectivity index (χ0) is 9.30. The van der Waals surface area contributed by atoms with Gasteiger partial charge in [-0.1, -0.05) is 0 Å². The predicted molar refractivity (Wildman–Crippen MR) is 39.0 cm³/mol. The van der Waals surface area contributed by atoms with Gasteiger partial charge in [-0.2, -0.15) is 0 Å². The van der Waals surface area contributed by atoms with Gasteiger partial charge in [-0.15, -0.1) is 0 Å². The van der Waals surface area contributed by atoms with Crippen LogP contribution >= 0.6 is 0 Å². The van der Waals surface area contributed by atoms with Crippen LogP contribution in [0.1, 0.15) is 10.5 Å². The van der Waals surface area contributed by atoms with E-state index in [-0.39, 0.29) is 11.5 Å². The second-order valence-electron chi connectivity index (χ2n) is 2.20. The zero-order valence-corrected chi connectivity index (χ0v) is 6.22. The van der Waals surface area contributed by atoms with Crippen LogP contribution in [0.4, 0.5) is 5.82 Å². The molecule has 0 saturated heterocycles. The average molecular weight is 170 g/mol. The SMILES string of the molecule is Cn1c(C(=O)O)ccc1[N+](=O)[O-]. The summed E-state index contributed by atoms with van der Waals surface area (Å²) in [6, 6.07) is 2.35. The highest BCUT2D eigenvalue weighted by molar-refractivity contribution is 5.86. The molecule has 1 aromatic rings. The highest BCUT2D eigenvalue weighted by Crippen LogP contribution is 2.14. The van der Waals surface area contributed by atoms with E-state index in [0.717, 1.165) is 10.6 Å². The number of nitro groups is 1. The van der Waals surface area contributed by atoms with Crippen molar-refractivity contribution in [2.45, 2.75) is 0 Å². The molecule has 0 bridgehead atoms. The number of carboxylic acid groups (broad SMARTS) is 1. The fourth-order valence-electron chi connectivity index (χ4n) is 0.899. The Bertz CT molecular complexity index is 310. The molecule has 1 heterocycles. The lowest BCUT2D eigenvalue weighted by Crippen LogP contribution is -2.06. The van der Waals surface area contributed by atoms with Crippen molar-refractivity contribution in [3.8, 4) is 0 Å². The fraction of sp³-hybridized carbons (Fsp3) is 0.167. The third-order valence-electron chi connectivity index (χ3n) is 1.50. The van der Waals surface area contributed by atoms with Crippen LogP contribution in [0.2, 0.25) is 0 Å². The van der Waals surface area contributed by atoms with Gasteiger partial charge in [-0.3, -0.25) is 0 Å². The molecule has 0 unspecified atom stereocenters. The Morgan fingerprint density at radius 1 is 1.67 bits per heavy atom. The van der Waals surface area contributed by atoms with Crippen LogP contribution in [-0.4, -0.2) is 20.6 Å². The van der Waals surface area contributed by atoms with Crippen molar-refractivity contribution < 1.29 is 14.8 Å². The normalized spacial score (nSPS) is 9.75. The zero-order valence-electron chi connectivity index (χ0n) is 6.22. The second-order valence-corrected chi connectivity index (χ2v) is 2.20. The number of carboxylic acids is 1. The molecule has 0 aliphatic rings.